The Morgan fingerprint density at radius 3 is 1.83 bits per heavy atom. The number of hydrogen-bond acceptors (Lipinski definition) is 8. The van der Waals surface area contributed by atoms with Crippen LogP contribution >= 0.6 is 0 Å². The van der Waals surface area contributed by atoms with Gasteiger partial charge in [0.05, 0.1) is 27.2 Å². The second kappa shape index (κ2) is 12.4. The molecule has 0 aliphatic carbocycles. The molecule has 0 aromatic heterocycles. The van der Waals surface area contributed by atoms with Crippen molar-refractivity contribution < 1.29 is 38.1 Å². The second-order valence-corrected chi connectivity index (χ2v) is 4.89. The predicted molar refractivity (Wildman–Crippen MR) is 78.1 cm³/mol. The summed E-state index contributed by atoms with van der Waals surface area (Å²) in [5, 5.41) is 0. The van der Waals surface area contributed by atoms with Crippen molar-refractivity contribution in [1.82, 2.24) is 0 Å². The van der Waals surface area contributed by atoms with Crippen molar-refractivity contribution in [3.63, 3.8) is 0 Å². The molecule has 23 heavy (non-hydrogen) atoms. The van der Waals surface area contributed by atoms with Gasteiger partial charge in [-0.15, -0.1) is 0 Å². The quantitative estimate of drug-likeness (QED) is 0.170. The Kier molecular flexibility index (Phi) is 11.3. The summed E-state index contributed by atoms with van der Waals surface area (Å²) in [7, 11) is 3.70. The number of hydrogen-bond donors (Lipinski definition) is 0. The van der Waals surface area contributed by atoms with Gasteiger partial charge < -0.3 is 18.9 Å². The Balaban J connectivity index is 4.20. The molecule has 0 rings (SSSR count). The summed E-state index contributed by atoms with van der Waals surface area (Å²) in [6, 6.07) is 0. The Bertz CT molecular complexity index is 377. The largest absolute Gasteiger partial charge is 0.469 e. The first kappa shape index (κ1) is 20.9. The van der Waals surface area contributed by atoms with Crippen molar-refractivity contribution in [2.45, 2.75) is 32.1 Å². The summed E-state index contributed by atoms with van der Waals surface area (Å²) in [6.07, 6.45) is 2.75. The summed E-state index contributed by atoms with van der Waals surface area (Å²) in [5.41, 5.74) is 0. The lowest BCUT2D eigenvalue weighted by molar-refractivity contribution is -0.159. The van der Waals surface area contributed by atoms with Crippen LogP contribution in [0.15, 0.2) is 0 Å². The molecule has 8 nitrogen and oxygen atoms in total. The zero-order valence-electron chi connectivity index (χ0n) is 13.7. The molecular formula is C15H24O8. The summed E-state index contributed by atoms with van der Waals surface area (Å²) in [4.78, 5) is 44.7. The molecule has 0 aliphatic heterocycles. The number of esters is 3. The molecule has 0 spiro atoms. The van der Waals surface area contributed by atoms with E-state index in [0.717, 1.165) is 0 Å². The van der Waals surface area contributed by atoms with Crippen LogP contribution in [0.2, 0.25) is 0 Å². The zero-order valence-corrected chi connectivity index (χ0v) is 13.7. The lowest BCUT2D eigenvalue weighted by atomic mass is 9.98. The summed E-state index contributed by atoms with van der Waals surface area (Å²) in [6.45, 7) is 0.260. The molecule has 0 radical (unpaired) electrons. The molecule has 132 valence electrons. The number of unbranched alkanes of at least 4 members (excludes halogenated alkanes) is 2. The van der Waals surface area contributed by atoms with Gasteiger partial charge in [-0.05, 0) is 12.8 Å². The third-order valence-corrected chi connectivity index (χ3v) is 3.42. The van der Waals surface area contributed by atoms with Gasteiger partial charge in [0.1, 0.15) is 6.61 Å². The van der Waals surface area contributed by atoms with E-state index >= 15 is 0 Å². The number of ether oxygens (including phenoxy) is 4. The Morgan fingerprint density at radius 2 is 1.35 bits per heavy atom. The summed E-state index contributed by atoms with van der Waals surface area (Å²) >= 11 is 0. The molecule has 0 aromatic carbocycles. The van der Waals surface area contributed by atoms with Crippen LogP contribution < -0.4 is 0 Å². The summed E-state index contributed by atoms with van der Waals surface area (Å²) in [5.74, 6) is -3.12. The van der Waals surface area contributed by atoms with E-state index in [1.807, 2.05) is 0 Å². The first-order valence-electron chi connectivity index (χ1n) is 7.30. The summed E-state index contributed by atoms with van der Waals surface area (Å²) < 4.78 is 18.4. The normalized spacial score (nSPS) is 11.5. The van der Waals surface area contributed by atoms with Crippen LogP contribution in [-0.2, 0) is 38.1 Å². The topological polar surface area (TPSA) is 105 Å². The first-order valence-corrected chi connectivity index (χ1v) is 7.30. The van der Waals surface area contributed by atoms with E-state index in [4.69, 9.17) is 0 Å². The van der Waals surface area contributed by atoms with Gasteiger partial charge >= 0.3 is 17.9 Å². The van der Waals surface area contributed by atoms with E-state index in [1.54, 1.807) is 0 Å². The number of methoxy groups -OCH3 is 3. The average molecular weight is 332 g/mol. The van der Waals surface area contributed by atoms with Gasteiger partial charge in [0, 0.05) is 0 Å². The van der Waals surface area contributed by atoms with Gasteiger partial charge in [-0.1, -0.05) is 19.3 Å². The molecule has 0 aliphatic rings. The highest BCUT2D eigenvalue weighted by Gasteiger charge is 2.28. The Labute approximate surface area is 135 Å². The lowest BCUT2D eigenvalue weighted by Gasteiger charge is -2.14. The van der Waals surface area contributed by atoms with Crippen LogP contribution in [0, 0.1) is 11.8 Å². The van der Waals surface area contributed by atoms with E-state index < -0.39 is 29.7 Å². The van der Waals surface area contributed by atoms with Crippen LogP contribution in [0.3, 0.4) is 0 Å². The second-order valence-electron chi connectivity index (χ2n) is 4.89. The first-order chi connectivity index (χ1) is 11.0. The van der Waals surface area contributed by atoms with Gasteiger partial charge in [-0.25, -0.2) is 0 Å². The van der Waals surface area contributed by atoms with Crippen LogP contribution in [-0.4, -0.2) is 52.3 Å². The highest BCUT2D eigenvalue weighted by Crippen LogP contribution is 2.17. The molecule has 1 unspecified atom stereocenters. The molecule has 0 fully saturated rings. The molecule has 1 atom stereocenters. The maximum absolute atomic E-state index is 11.5. The van der Waals surface area contributed by atoms with Crippen molar-refractivity contribution in [3.8, 4) is 0 Å². The SMILES string of the molecule is COC(=O)C(CCCCCC(C(=O)OC)C(=O)OC)COC=O. The number of carbonyl (C=O) groups excluding carboxylic acids is 4. The van der Waals surface area contributed by atoms with E-state index in [1.165, 1.54) is 21.3 Å². The minimum absolute atomic E-state index is 0.0247. The highest BCUT2D eigenvalue weighted by atomic mass is 16.5. The van der Waals surface area contributed by atoms with Crippen LogP contribution in [0.25, 0.3) is 0 Å². The van der Waals surface area contributed by atoms with E-state index in [9.17, 15) is 19.2 Å². The maximum atomic E-state index is 11.5. The molecule has 0 aromatic rings. The number of carbonyl (C=O) groups is 4. The lowest BCUT2D eigenvalue weighted by Crippen LogP contribution is -2.26. The molecular weight excluding hydrogens is 308 g/mol. The minimum atomic E-state index is -0.931. The van der Waals surface area contributed by atoms with Gasteiger partial charge in [-0.3, -0.25) is 19.2 Å². The van der Waals surface area contributed by atoms with E-state index in [0.29, 0.717) is 32.1 Å². The molecule has 0 N–H and O–H groups in total. The monoisotopic (exact) mass is 332 g/mol. The zero-order chi connectivity index (χ0) is 17.7. The van der Waals surface area contributed by atoms with Gasteiger partial charge in [0.25, 0.3) is 6.47 Å². The van der Waals surface area contributed by atoms with Crippen LogP contribution in [0.4, 0.5) is 0 Å². The predicted octanol–water partition coefficient (Wildman–Crippen LogP) is 0.861. The fourth-order valence-corrected chi connectivity index (χ4v) is 2.12. The number of rotatable bonds is 12. The standard InChI is InChI=1S/C15H24O8/c1-20-13(17)11(9-23-10-16)7-5-4-6-8-12(14(18)21-2)15(19)22-3/h10-12H,4-9H2,1-3H3. The fourth-order valence-electron chi connectivity index (χ4n) is 2.12. The average Bonchev–Trinajstić information content (AvgIpc) is 2.58. The molecule has 0 amide bonds. The van der Waals surface area contributed by atoms with Gasteiger partial charge in [-0.2, -0.15) is 0 Å². The van der Waals surface area contributed by atoms with Gasteiger partial charge in [0.2, 0.25) is 0 Å². The third kappa shape index (κ3) is 8.18. The van der Waals surface area contributed by atoms with Gasteiger partial charge in [0.15, 0.2) is 5.92 Å². The van der Waals surface area contributed by atoms with Crippen molar-refractivity contribution >= 4 is 24.4 Å². The molecule has 0 heterocycles. The molecule has 0 saturated carbocycles. The van der Waals surface area contributed by atoms with Crippen LogP contribution in [0.1, 0.15) is 32.1 Å². The highest BCUT2D eigenvalue weighted by molar-refractivity contribution is 5.94. The smallest absolute Gasteiger partial charge is 0.320 e. The van der Waals surface area contributed by atoms with Crippen molar-refractivity contribution in [3.05, 3.63) is 0 Å². The van der Waals surface area contributed by atoms with E-state index in [-0.39, 0.29) is 13.1 Å². The molecule has 8 heteroatoms. The Hall–Kier alpha value is -2.12. The molecule has 0 bridgehead atoms. The van der Waals surface area contributed by atoms with Crippen molar-refractivity contribution in [2.24, 2.45) is 11.8 Å². The third-order valence-electron chi connectivity index (χ3n) is 3.42. The molecule has 0 saturated heterocycles. The van der Waals surface area contributed by atoms with Crippen LogP contribution in [0.5, 0.6) is 0 Å². The van der Waals surface area contributed by atoms with Crippen molar-refractivity contribution in [1.29, 1.82) is 0 Å². The fraction of sp³-hybridized carbons (Fsp3) is 0.733. The minimum Gasteiger partial charge on any atom is -0.469 e. The van der Waals surface area contributed by atoms with Crippen molar-refractivity contribution in [2.75, 3.05) is 27.9 Å². The Morgan fingerprint density at radius 1 is 0.826 bits per heavy atom. The van der Waals surface area contributed by atoms with E-state index in [2.05, 4.69) is 18.9 Å². The maximum Gasteiger partial charge on any atom is 0.320 e.